The van der Waals surface area contributed by atoms with Crippen LogP contribution in [-0.2, 0) is 4.79 Å². The first-order valence-electron chi connectivity index (χ1n) is 10.1. The fourth-order valence-electron chi connectivity index (χ4n) is 3.99. The van der Waals surface area contributed by atoms with E-state index >= 15 is 0 Å². The zero-order chi connectivity index (χ0) is 20.3. The minimum absolute atomic E-state index is 0.0547. The molecule has 3 heterocycles. The quantitative estimate of drug-likeness (QED) is 0.568. The minimum Gasteiger partial charge on any atom is -0.354 e. The molecule has 1 aliphatic rings. The van der Waals surface area contributed by atoms with Gasteiger partial charge in [0.05, 0.1) is 5.92 Å². The number of nitrogens with zero attached hydrogens (tertiary/aromatic N) is 5. The number of carbonyl (C=O) groups excluding carboxylic acids is 1. The van der Waals surface area contributed by atoms with Crippen LogP contribution in [0.2, 0.25) is 0 Å². The number of hydrogen-bond donors (Lipinski definition) is 1. The largest absolute Gasteiger partial charge is 0.354 e. The first-order chi connectivity index (χ1) is 14.8. The number of fused-ring (bicyclic) bond motifs is 1. The summed E-state index contributed by atoms with van der Waals surface area (Å²) in [6.07, 6.45) is 7.04. The highest BCUT2D eigenvalue weighted by atomic mass is 16.1. The molecule has 0 bridgehead atoms. The first-order valence-corrected chi connectivity index (χ1v) is 10.1. The number of aromatic nitrogens is 4. The van der Waals surface area contributed by atoms with Crippen molar-refractivity contribution in [3.05, 3.63) is 73.3 Å². The van der Waals surface area contributed by atoms with Crippen molar-refractivity contribution in [1.82, 2.24) is 19.7 Å². The number of piperidine rings is 1. The monoisotopic (exact) mass is 398 g/mol. The lowest BCUT2D eigenvalue weighted by Gasteiger charge is -2.32. The van der Waals surface area contributed by atoms with E-state index in [1.54, 1.807) is 12.5 Å². The van der Waals surface area contributed by atoms with E-state index in [2.05, 4.69) is 37.5 Å². The smallest absolute Gasteiger partial charge is 0.229 e. The molecule has 0 spiro atoms. The standard InChI is InChI=1S/C23H22N6O/c30-23(25-20-9-3-6-17-5-1-2-8-19(17)20)18-7-4-13-28(15-18)21-10-11-22(27-26-21)29-14-12-24-16-29/h1-3,5-6,8-12,14,16,18H,4,7,13,15H2,(H,25,30)/t18-/m1/s1. The average Bonchev–Trinajstić information content (AvgIpc) is 3.35. The zero-order valence-corrected chi connectivity index (χ0v) is 16.5. The van der Waals surface area contributed by atoms with Crippen molar-refractivity contribution in [2.24, 2.45) is 5.92 Å². The van der Waals surface area contributed by atoms with Crippen LogP contribution < -0.4 is 10.2 Å². The summed E-state index contributed by atoms with van der Waals surface area (Å²) in [7, 11) is 0. The Balaban J connectivity index is 1.29. The Hall–Kier alpha value is -3.74. The van der Waals surface area contributed by atoms with Crippen LogP contribution >= 0.6 is 0 Å². The molecule has 1 fully saturated rings. The van der Waals surface area contributed by atoms with Crippen LogP contribution in [0.4, 0.5) is 11.5 Å². The third-order valence-electron chi connectivity index (χ3n) is 5.57. The second-order valence-electron chi connectivity index (χ2n) is 7.52. The van der Waals surface area contributed by atoms with Gasteiger partial charge in [0.15, 0.2) is 11.6 Å². The van der Waals surface area contributed by atoms with Gasteiger partial charge in [0.1, 0.15) is 6.33 Å². The van der Waals surface area contributed by atoms with Gasteiger partial charge < -0.3 is 10.2 Å². The summed E-state index contributed by atoms with van der Waals surface area (Å²) < 4.78 is 1.81. The second kappa shape index (κ2) is 7.94. The van der Waals surface area contributed by atoms with E-state index in [9.17, 15) is 4.79 Å². The van der Waals surface area contributed by atoms with Crippen molar-refractivity contribution in [3.8, 4) is 5.82 Å². The predicted octanol–water partition coefficient (Wildman–Crippen LogP) is 3.67. The van der Waals surface area contributed by atoms with Crippen molar-refractivity contribution < 1.29 is 4.79 Å². The summed E-state index contributed by atoms with van der Waals surface area (Å²) in [5.41, 5.74) is 0.861. The molecule has 7 heteroatoms. The molecule has 5 rings (SSSR count). The number of benzene rings is 2. The number of amides is 1. The van der Waals surface area contributed by atoms with Crippen LogP contribution in [0.25, 0.3) is 16.6 Å². The van der Waals surface area contributed by atoms with Crippen LogP contribution in [0.3, 0.4) is 0 Å². The number of anilines is 2. The number of hydrogen-bond acceptors (Lipinski definition) is 5. The van der Waals surface area contributed by atoms with Gasteiger partial charge in [0.2, 0.25) is 5.91 Å². The third-order valence-corrected chi connectivity index (χ3v) is 5.57. The van der Waals surface area contributed by atoms with Crippen molar-refractivity contribution >= 4 is 28.2 Å². The maximum atomic E-state index is 13.0. The molecule has 1 saturated heterocycles. The molecule has 0 unspecified atom stereocenters. The number of carbonyl (C=O) groups is 1. The van der Waals surface area contributed by atoms with Crippen molar-refractivity contribution in [2.45, 2.75) is 12.8 Å². The van der Waals surface area contributed by atoms with E-state index in [4.69, 9.17) is 0 Å². The van der Waals surface area contributed by atoms with Gasteiger partial charge in [0.25, 0.3) is 0 Å². The van der Waals surface area contributed by atoms with E-state index in [0.29, 0.717) is 6.54 Å². The molecule has 0 saturated carbocycles. The van der Waals surface area contributed by atoms with E-state index in [0.717, 1.165) is 47.5 Å². The summed E-state index contributed by atoms with van der Waals surface area (Å²) in [5, 5.41) is 14.0. The Morgan fingerprint density at radius 1 is 1.00 bits per heavy atom. The van der Waals surface area contributed by atoms with Crippen LogP contribution in [0, 0.1) is 5.92 Å². The summed E-state index contributed by atoms with van der Waals surface area (Å²) >= 11 is 0. The Labute approximate surface area is 174 Å². The average molecular weight is 398 g/mol. The number of nitrogens with one attached hydrogen (secondary N) is 1. The Morgan fingerprint density at radius 2 is 1.83 bits per heavy atom. The molecule has 7 nitrogen and oxygen atoms in total. The Kier molecular flexibility index (Phi) is 4.85. The van der Waals surface area contributed by atoms with E-state index in [1.165, 1.54) is 0 Å². The van der Waals surface area contributed by atoms with Gasteiger partial charge in [-0.05, 0) is 36.4 Å². The number of imidazole rings is 1. The molecule has 1 N–H and O–H groups in total. The maximum Gasteiger partial charge on any atom is 0.229 e. The fraction of sp³-hybridized carbons (Fsp3) is 0.217. The molecule has 0 radical (unpaired) electrons. The number of rotatable bonds is 4. The predicted molar refractivity (Wildman–Crippen MR) is 117 cm³/mol. The SMILES string of the molecule is O=C(Nc1cccc2ccccc12)[C@@H]1CCCN(c2ccc(-n3ccnc3)nn2)C1. The molecular weight excluding hydrogens is 376 g/mol. The van der Waals surface area contributed by atoms with Crippen LogP contribution in [0.1, 0.15) is 12.8 Å². The normalized spacial score (nSPS) is 16.5. The minimum atomic E-state index is -0.0900. The van der Waals surface area contributed by atoms with Crippen LogP contribution in [-0.4, -0.2) is 38.7 Å². The highest BCUT2D eigenvalue weighted by molar-refractivity contribution is 6.02. The van der Waals surface area contributed by atoms with Gasteiger partial charge in [0, 0.05) is 36.6 Å². The van der Waals surface area contributed by atoms with Crippen molar-refractivity contribution in [2.75, 3.05) is 23.3 Å². The molecule has 0 aliphatic carbocycles. The Morgan fingerprint density at radius 3 is 2.67 bits per heavy atom. The lowest BCUT2D eigenvalue weighted by atomic mass is 9.96. The lowest BCUT2D eigenvalue weighted by Crippen LogP contribution is -2.41. The molecule has 1 aliphatic heterocycles. The van der Waals surface area contributed by atoms with E-state index in [1.807, 2.05) is 53.2 Å². The van der Waals surface area contributed by atoms with E-state index in [-0.39, 0.29) is 11.8 Å². The third kappa shape index (κ3) is 3.61. The molecule has 1 atom stereocenters. The van der Waals surface area contributed by atoms with Gasteiger partial charge in [-0.25, -0.2) is 4.98 Å². The Bertz CT molecular complexity index is 1150. The second-order valence-corrected chi connectivity index (χ2v) is 7.52. The zero-order valence-electron chi connectivity index (χ0n) is 16.5. The summed E-state index contributed by atoms with van der Waals surface area (Å²) in [5.74, 6) is 1.48. The molecular formula is C23H22N6O. The fourth-order valence-corrected chi connectivity index (χ4v) is 3.99. The van der Waals surface area contributed by atoms with Crippen LogP contribution in [0.15, 0.2) is 73.3 Å². The summed E-state index contributed by atoms with van der Waals surface area (Å²) in [6, 6.07) is 18.0. The molecule has 30 heavy (non-hydrogen) atoms. The highest BCUT2D eigenvalue weighted by Gasteiger charge is 2.27. The summed E-state index contributed by atoms with van der Waals surface area (Å²) in [6.45, 7) is 1.51. The first kappa shape index (κ1) is 18.3. The van der Waals surface area contributed by atoms with Gasteiger partial charge in [-0.1, -0.05) is 36.4 Å². The molecule has 1 amide bonds. The molecule has 2 aromatic carbocycles. The highest BCUT2D eigenvalue weighted by Crippen LogP contribution is 2.26. The van der Waals surface area contributed by atoms with Crippen molar-refractivity contribution in [3.63, 3.8) is 0 Å². The van der Waals surface area contributed by atoms with E-state index < -0.39 is 0 Å². The van der Waals surface area contributed by atoms with Gasteiger partial charge in [-0.15, -0.1) is 10.2 Å². The van der Waals surface area contributed by atoms with Crippen molar-refractivity contribution in [1.29, 1.82) is 0 Å². The summed E-state index contributed by atoms with van der Waals surface area (Å²) in [4.78, 5) is 19.2. The molecule has 4 aromatic rings. The molecule has 150 valence electrons. The topological polar surface area (TPSA) is 75.9 Å². The van der Waals surface area contributed by atoms with Gasteiger partial charge in [-0.3, -0.25) is 9.36 Å². The maximum absolute atomic E-state index is 13.0. The lowest BCUT2D eigenvalue weighted by molar-refractivity contribution is -0.120. The van der Waals surface area contributed by atoms with Gasteiger partial charge in [-0.2, -0.15) is 0 Å². The molecule has 2 aromatic heterocycles. The van der Waals surface area contributed by atoms with Gasteiger partial charge >= 0.3 is 0 Å². The van der Waals surface area contributed by atoms with Crippen LogP contribution in [0.5, 0.6) is 0 Å².